The predicted octanol–water partition coefficient (Wildman–Crippen LogP) is 1.39. The van der Waals surface area contributed by atoms with Crippen molar-refractivity contribution in [3.63, 3.8) is 0 Å². The van der Waals surface area contributed by atoms with E-state index >= 15 is 0 Å². The highest BCUT2D eigenvalue weighted by molar-refractivity contribution is 7.92. The monoisotopic (exact) mass is 403 g/mol. The van der Waals surface area contributed by atoms with Crippen LogP contribution in [0.15, 0.2) is 41.3 Å². The first-order valence-electron chi connectivity index (χ1n) is 8.39. The Balaban J connectivity index is 2.32. The number of amides is 1. The van der Waals surface area contributed by atoms with Gasteiger partial charge >= 0.3 is 0 Å². The lowest BCUT2D eigenvalue weighted by molar-refractivity contribution is -0.131. The van der Waals surface area contributed by atoms with Crippen LogP contribution >= 0.6 is 0 Å². The smallest absolute Gasteiger partial charge is 0.264 e. The largest absolute Gasteiger partial charge is 0.315 e. The molecule has 2 N–H and O–H groups in total. The van der Waals surface area contributed by atoms with Gasteiger partial charge in [0.25, 0.3) is 11.5 Å². The van der Waals surface area contributed by atoms with E-state index in [1.807, 2.05) is 6.92 Å². The van der Waals surface area contributed by atoms with Gasteiger partial charge in [0.15, 0.2) is 14.6 Å². The number of nitrogens with zero attached hydrogens (tertiary/aromatic N) is 2. The number of benzene rings is 1. The van der Waals surface area contributed by atoms with E-state index < -0.39 is 20.5 Å². The number of carbonyl (C=O) groups excluding carboxylic acids is 1. The number of hydrogen-bond acceptors (Lipinski definition) is 6. The Kier molecular flexibility index (Phi) is 6.07. The Morgan fingerprint density at radius 1 is 1.32 bits per heavy atom. The van der Waals surface area contributed by atoms with Crippen molar-refractivity contribution in [1.82, 2.24) is 10.0 Å². The minimum Gasteiger partial charge on any atom is -0.315 e. The summed E-state index contributed by atoms with van der Waals surface area (Å²) in [6.07, 6.45) is 2.24. The van der Waals surface area contributed by atoms with Gasteiger partial charge < -0.3 is 4.57 Å². The predicted molar refractivity (Wildman–Crippen MR) is 103 cm³/mol. The molecule has 2 rings (SSSR count). The maximum absolute atomic E-state index is 12.5. The van der Waals surface area contributed by atoms with E-state index in [2.05, 4.69) is 6.07 Å². The molecule has 1 aromatic heterocycles. The van der Waals surface area contributed by atoms with Crippen LogP contribution in [-0.4, -0.2) is 35.1 Å². The highest BCUT2D eigenvalue weighted by Crippen LogP contribution is 2.24. The Morgan fingerprint density at radius 3 is 2.50 bits per heavy atom. The third-order valence-corrected chi connectivity index (χ3v) is 6.92. The molecule has 0 bridgehead atoms. The molecule has 8 nitrogen and oxygen atoms in total. The molecular formula is C19H21N3O5S. The van der Waals surface area contributed by atoms with Gasteiger partial charge in [-0.05, 0) is 55.2 Å². The maximum Gasteiger partial charge on any atom is 0.264 e. The summed E-state index contributed by atoms with van der Waals surface area (Å²) < 4.78 is 23.4. The van der Waals surface area contributed by atoms with E-state index in [0.717, 1.165) is 17.4 Å². The van der Waals surface area contributed by atoms with Gasteiger partial charge in [0.05, 0.1) is 11.6 Å². The molecule has 1 amide bonds. The number of rotatable bonds is 6. The molecular weight excluding hydrogens is 382 g/mol. The molecule has 1 heterocycles. The van der Waals surface area contributed by atoms with Crippen LogP contribution in [-0.2, 0) is 21.2 Å². The van der Waals surface area contributed by atoms with E-state index in [4.69, 9.17) is 10.5 Å². The quantitative estimate of drug-likeness (QED) is 0.554. The average molecular weight is 403 g/mol. The number of hydrogen-bond donors (Lipinski definition) is 2. The second kappa shape index (κ2) is 7.96. The molecule has 0 aliphatic carbocycles. The van der Waals surface area contributed by atoms with E-state index in [1.54, 1.807) is 24.3 Å². The van der Waals surface area contributed by atoms with Gasteiger partial charge in [-0.25, -0.2) is 13.9 Å². The highest BCUT2D eigenvalue weighted by atomic mass is 32.2. The summed E-state index contributed by atoms with van der Waals surface area (Å²) in [7, 11) is -3.84. The third kappa shape index (κ3) is 4.13. The molecule has 0 aliphatic heterocycles. The molecule has 1 aromatic carbocycles. The van der Waals surface area contributed by atoms with Crippen LogP contribution in [0.2, 0.25) is 0 Å². The minimum absolute atomic E-state index is 0.0253. The zero-order valence-electron chi connectivity index (χ0n) is 15.8. The standard InChI is InChI=1S/C19H21N3O5S/c1-13-10-14(12-20)4-5-16(13)15-6-8-22(17(23)11-15)9-7-19(2,18(24)21-25)28(3,26)27/h4-6,8,10-11,25H,7,9H2,1-3H3,(H,21,24)/t19-/m1/s1. The summed E-state index contributed by atoms with van der Waals surface area (Å²) in [4.78, 5) is 24.3. The molecule has 0 saturated carbocycles. The fourth-order valence-electron chi connectivity index (χ4n) is 2.84. The zero-order chi connectivity index (χ0) is 21.1. The number of pyridine rings is 1. The molecule has 2 aromatic rings. The van der Waals surface area contributed by atoms with E-state index in [-0.39, 0.29) is 18.5 Å². The summed E-state index contributed by atoms with van der Waals surface area (Å²) in [5, 5.41) is 17.8. The average Bonchev–Trinajstić information content (AvgIpc) is 2.64. The first kappa shape index (κ1) is 21.3. The fourth-order valence-corrected chi connectivity index (χ4v) is 3.68. The SMILES string of the molecule is Cc1cc(C#N)ccc1-c1ccn(CC[C@](C)(C(=O)NO)S(C)(=O)=O)c(=O)c1. The van der Waals surface area contributed by atoms with Crippen molar-refractivity contribution in [1.29, 1.82) is 5.26 Å². The van der Waals surface area contributed by atoms with Gasteiger partial charge in [-0.2, -0.15) is 5.26 Å². The molecule has 28 heavy (non-hydrogen) atoms. The summed E-state index contributed by atoms with van der Waals surface area (Å²) >= 11 is 0. The lowest BCUT2D eigenvalue weighted by atomic mass is 9.99. The number of nitriles is 1. The van der Waals surface area contributed by atoms with E-state index in [0.29, 0.717) is 11.1 Å². The number of aryl methyl sites for hydroxylation is 2. The molecule has 0 radical (unpaired) electrons. The normalized spacial score (nSPS) is 13.4. The number of nitrogens with one attached hydrogen (secondary N) is 1. The minimum atomic E-state index is -3.84. The van der Waals surface area contributed by atoms with Crippen molar-refractivity contribution >= 4 is 15.7 Å². The lowest BCUT2D eigenvalue weighted by Crippen LogP contribution is -2.49. The zero-order valence-corrected chi connectivity index (χ0v) is 16.6. The number of hydroxylamine groups is 1. The molecule has 0 saturated heterocycles. The summed E-state index contributed by atoms with van der Waals surface area (Å²) in [5.74, 6) is -1.05. The Morgan fingerprint density at radius 2 is 2.00 bits per heavy atom. The Hall–Kier alpha value is -2.96. The van der Waals surface area contributed by atoms with Gasteiger partial charge in [-0.15, -0.1) is 0 Å². The van der Waals surface area contributed by atoms with E-state index in [1.165, 1.54) is 29.2 Å². The molecule has 1 atom stereocenters. The first-order valence-corrected chi connectivity index (χ1v) is 10.3. The van der Waals surface area contributed by atoms with Crippen LogP contribution in [0.4, 0.5) is 0 Å². The first-order chi connectivity index (χ1) is 13.0. The maximum atomic E-state index is 12.5. The summed E-state index contributed by atoms with van der Waals surface area (Å²) in [6, 6.07) is 10.3. The highest BCUT2D eigenvalue weighted by Gasteiger charge is 2.43. The van der Waals surface area contributed by atoms with Crippen LogP contribution in [0, 0.1) is 18.3 Å². The molecule has 0 fully saturated rings. The lowest BCUT2D eigenvalue weighted by Gasteiger charge is -2.25. The molecule has 9 heteroatoms. The second-order valence-electron chi connectivity index (χ2n) is 6.78. The second-order valence-corrected chi connectivity index (χ2v) is 9.23. The van der Waals surface area contributed by atoms with Crippen LogP contribution in [0.25, 0.3) is 11.1 Å². The summed E-state index contributed by atoms with van der Waals surface area (Å²) in [5.41, 5.74) is 3.87. The van der Waals surface area contributed by atoms with Gasteiger partial charge in [-0.1, -0.05) is 6.07 Å². The van der Waals surface area contributed by atoms with Crippen molar-refractivity contribution in [2.75, 3.05) is 6.26 Å². The molecule has 0 aliphatic rings. The number of carbonyl (C=O) groups is 1. The van der Waals surface area contributed by atoms with Crippen molar-refractivity contribution in [2.24, 2.45) is 0 Å². The van der Waals surface area contributed by atoms with Crippen molar-refractivity contribution in [3.05, 3.63) is 58.0 Å². The van der Waals surface area contributed by atoms with Gasteiger partial charge in [0.1, 0.15) is 0 Å². The number of sulfone groups is 1. The van der Waals surface area contributed by atoms with Crippen molar-refractivity contribution in [2.45, 2.75) is 31.6 Å². The van der Waals surface area contributed by atoms with Crippen LogP contribution in [0.5, 0.6) is 0 Å². The molecule has 0 spiro atoms. The molecule has 148 valence electrons. The summed E-state index contributed by atoms with van der Waals surface area (Å²) in [6.45, 7) is 3.02. The topological polar surface area (TPSA) is 129 Å². The Labute approximate surface area is 162 Å². The van der Waals surface area contributed by atoms with Gasteiger partial charge in [0, 0.05) is 25.1 Å². The van der Waals surface area contributed by atoms with Crippen molar-refractivity contribution in [3.8, 4) is 17.2 Å². The Bertz CT molecular complexity index is 1120. The van der Waals surface area contributed by atoms with Crippen LogP contribution < -0.4 is 11.0 Å². The molecule has 0 unspecified atom stereocenters. The fraction of sp³-hybridized carbons (Fsp3) is 0.316. The number of aromatic nitrogens is 1. The van der Waals surface area contributed by atoms with E-state index in [9.17, 15) is 18.0 Å². The van der Waals surface area contributed by atoms with Crippen molar-refractivity contribution < 1.29 is 18.4 Å². The van der Waals surface area contributed by atoms with Gasteiger partial charge in [-0.3, -0.25) is 14.8 Å². The van der Waals surface area contributed by atoms with Crippen LogP contribution in [0.3, 0.4) is 0 Å². The van der Waals surface area contributed by atoms with Crippen LogP contribution in [0.1, 0.15) is 24.5 Å². The van der Waals surface area contributed by atoms with Gasteiger partial charge in [0.2, 0.25) is 0 Å². The third-order valence-electron chi connectivity index (χ3n) is 4.89.